The molecule has 0 bridgehead atoms. The van der Waals surface area contributed by atoms with Crippen LogP contribution in [-0.4, -0.2) is 6.54 Å². The van der Waals surface area contributed by atoms with Crippen molar-refractivity contribution < 1.29 is 0 Å². The lowest BCUT2D eigenvalue weighted by atomic mass is 10.1. The number of aryl methyl sites for hydroxylation is 1. The van der Waals surface area contributed by atoms with Crippen LogP contribution in [0.3, 0.4) is 0 Å². The molecule has 0 aliphatic heterocycles. The summed E-state index contributed by atoms with van der Waals surface area (Å²) in [7, 11) is 0. The molecule has 2 aromatic rings. The number of halogens is 2. The van der Waals surface area contributed by atoms with E-state index in [0.29, 0.717) is 0 Å². The van der Waals surface area contributed by atoms with E-state index < -0.39 is 0 Å². The third-order valence-corrected chi connectivity index (χ3v) is 6.14. The molecule has 0 aliphatic carbocycles. The zero-order chi connectivity index (χ0) is 12.4. The lowest BCUT2D eigenvalue weighted by molar-refractivity contribution is 0.646. The van der Waals surface area contributed by atoms with E-state index in [0.717, 1.165) is 15.4 Å². The molecule has 0 aromatic carbocycles. The van der Waals surface area contributed by atoms with Gasteiger partial charge in [-0.1, -0.05) is 18.5 Å². The zero-order valence-corrected chi connectivity index (χ0v) is 13.6. The molecule has 2 aromatic heterocycles. The molecule has 0 saturated carbocycles. The predicted octanol–water partition coefficient (Wildman–Crippen LogP) is 5.23. The fourth-order valence-corrected chi connectivity index (χ4v) is 4.64. The summed E-state index contributed by atoms with van der Waals surface area (Å²) >= 11 is 13.1. The van der Waals surface area contributed by atoms with Gasteiger partial charge in [0.05, 0.1) is 14.9 Å². The van der Waals surface area contributed by atoms with Crippen LogP contribution < -0.4 is 5.32 Å². The highest BCUT2D eigenvalue weighted by atomic mass is 79.9. The van der Waals surface area contributed by atoms with Crippen molar-refractivity contribution in [3.63, 3.8) is 0 Å². The molecule has 0 amide bonds. The van der Waals surface area contributed by atoms with Crippen LogP contribution in [0.5, 0.6) is 0 Å². The summed E-state index contributed by atoms with van der Waals surface area (Å²) in [6.45, 7) is 5.22. The number of thiophene rings is 2. The first-order valence-electron chi connectivity index (χ1n) is 5.35. The Hall–Kier alpha value is 0.130. The van der Waals surface area contributed by atoms with Gasteiger partial charge in [0.2, 0.25) is 0 Å². The average molecular weight is 351 g/mol. The molecule has 92 valence electrons. The van der Waals surface area contributed by atoms with Gasteiger partial charge in [-0.05, 0) is 52.5 Å². The Morgan fingerprint density at radius 1 is 1.53 bits per heavy atom. The van der Waals surface area contributed by atoms with E-state index in [-0.39, 0.29) is 6.04 Å². The minimum Gasteiger partial charge on any atom is -0.305 e. The van der Waals surface area contributed by atoms with Gasteiger partial charge in [-0.25, -0.2) is 0 Å². The average Bonchev–Trinajstić information content (AvgIpc) is 2.83. The Morgan fingerprint density at radius 2 is 2.29 bits per heavy atom. The first kappa shape index (κ1) is 13.6. The highest BCUT2D eigenvalue weighted by Crippen LogP contribution is 2.39. The summed E-state index contributed by atoms with van der Waals surface area (Å²) < 4.78 is 1.01. The van der Waals surface area contributed by atoms with Gasteiger partial charge in [-0.15, -0.1) is 22.7 Å². The lowest BCUT2D eigenvalue weighted by Gasteiger charge is -2.15. The van der Waals surface area contributed by atoms with E-state index in [1.165, 1.54) is 15.3 Å². The maximum Gasteiger partial charge on any atom is 0.0888 e. The molecule has 0 radical (unpaired) electrons. The topological polar surface area (TPSA) is 12.0 Å². The molecule has 2 rings (SSSR count). The number of hydrogen-bond acceptors (Lipinski definition) is 3. The fraction of sp³-hybridized carbons (Fsp3) is 0.333. The second-order valence-corrected chi connectivity index (χ2v) is 7.49. The molecular weight excluding hydrogens is 338 g/mol. The van der Waals surface area contributed by atoms with Crippen LogP contribution in [0.15, 0.2) is 21.3 Å². The number of nitrogens with one attached hydrogen (secondary N) is 1. The summed E-state index contributed by atoms with van der Waals surface area (Å²) in [5.74, 6) is 0. The fourth-order valence-electron chi connectivity index (χ4n) is 1.71. The maximum atomic E-state index is 6.11. The van der Waals surface area contributed by atoms with Crippen molar-refractivity contribution in [2.45, 2.75) is 19.9 Å². The van der Waals surface area contributed by atoms with Gasteiger partial charge in [0.25, 0.3) is 0 Å². The summed E-state index contributed by atoms with van der Waals surface area (Å²) in [4.78, 5) is 2.63. The Balaban J connectivity index is 2.39. The first-order chi connectivity index (χ1) is 8.13. The molecule has 2 heterocycles. The Labute approximate surface area is 123 Å². The SMILES string of the molecule is CCNC(c1cc(Cl)c(Br)s1)c1sccc1C. The van der Waals surface area contributed by atoms with Crippen molar-refractivity contribution >= 4 is 50.2 Å². The molecular formula is C12H13BrClNS2. The molecule has 0 aliphatic rings. The van der Waals surface area contributed by atoms with Gasteiger partial charge in [0, 0.05) is 9.75 Å². The van der Waals surface area contributed by atoms with Gasteiger partial charge in [0.15, 0.2) is 0 Å². The minimum absolute atomic E-state index is 0.258. The van der Waals surface area contributed by atoms with Crippen LogP contribution in [0.2, 0.25) is 5.02 Å². The number of rotatable bonds is 4. The molecule has 0 spiro atoms. The third kappa shape index (κ3) is 2.93. The van der Waals surface area contributed by atoms with Crippen LogP contribution in [0.1, 0.15) is 28.3 Å². The van der Waals surface area contributed by atoms with Crippen molar-refractivity contribution in [3.8, 4) is 0 Å². The standard InChI is InChI=1S/C12H13BrClNS2/c1-3-15-10(11-7(2)4-5-16-11)9-6-8(14)12(13)17-9/h4-6,10,15H,3H2,1-2H3. The molecule has 1 nitrogen and oxygen atoms in total. The highest BCUT2D eigenvalue weighted by molar-refractivity contribution is 9.11. The summed E-state index contributed by atoms with van der Waals surface area (Å²) in [6.07, 6.45) is 0. The van der Waals surface area contributed by atoms with Gasteiger partial charge in [-0.3, -0.25) is 0 Å². The van der Waals surface area contributed by atoms with E-state index in [2.05, 4.69) is 46.5 Å². The summed E-state index contributed by atoms with van der Waals surface area (Å²) in [5, 5.41) is 6.46. The largest absolute Gasteiger partial charge is 0.305 e. The quantitative estimate of drug-likeness (QED) is 0.796. The Kier molecular flexibility index (Phi) is 4.66. The van der Waals surface area contributed by atoms with Crippen molar-refractivity contribution in [3.05, 3.63) is 41.6 Å². The number of hydrogen-bond donors (Lipinski definition) is 1. The van der Waals surface area contributed by atoms with Gasteiger partial charge >= 0.3 is 0 Å². The van der Waals surface area contributed by atoms with E-state index in [4.69, 9.17) is 11.6 Å². The molecule has 1 unspecified atom stereocenters. The zero-order valence-electron chi connectivity index (χ0n) is 9.59. The molecule has 1 atom stereocenters. The predicted molar refractivity (Wildman–Crippen MR) is 81.6 cm³/mol. The lowest BCUT2D eigenvalue weighted by Crippen LogP contribution is -2.20. The van der Waals surface area contributed by atoms with Crippen molar-refractivity contribution in [1.82, 2.24) is 5.32 Å². The van der Waals surface area contributed by atoms with Crippen molar-refractivity contribution in [2.75, 3.05) is 6.54 Å². The monoisotopic (exact) mass is 349 g/mol. The van der Waals surface area contributed by atoms with Gasteiger partial charge in [0.1, 0.15) is 0 Å². The Morgan fingerprint density at radius 3 is 2.76 bits per heavy atom. The second-order valence-electron chi connectivity index (χ2n) is 3.73. The molecule has 0 saturated heterocycles. The molecule has 5 heteroatoms. The van der Waals surface area contributed by atoms with E-state index in [1.807, 2.05) is 6.07 Å². The second kappa shape index (κ2) is 5.85. The third-order valence-electron chi connectivity index (χ3n) is 2.52. The normalized spacial score (nSPS) is 12.9. The van der Waals surface area contributed by atoms with Crippen LogP contribution in [0.4, 0.5) is 0 Å². The minimum atomic E-state index is 0.258. The van der Waals surface area contributed by atoms with Crippen molar-refractivity contribution in [1.29, 1.82) is 0 Å². The molecule has 0 fully saturated rings. The van der Waals surface area contributed by atoms with E-state index in [1.54, 1.807) is 22.7 Å². The van der Waals surface area contributed by atoms with Crippen LogP contribution in [-0.2, 0) is 0 Å². The van der Waals surface area contributed by atoms with Crippen LogP contribution >= 0.6 is 50.2 Å². The van der Waals surface area contributed by atoms with Crippen LogP contribution in [0.25, 0.3) is 0 Å². The highest BCUT2D eigenvalue weighted by Gasteiger charge is 2.19. The molecule has 17 heavy (non-hydrogen) atoms. The summed E-state index contributed by atoms with van der Waals surface area (Å²) in [6, 6.07) is 4.46. The van der Waals surface area contributed by atoms with Crippen molar-refractivity contribution in [2.24, 2.45) is 0 Å². The van der Waals surface area contributed by atoms with Gasteiger partial charge in [-0.2, -0.15) is 0 Å². The van der Waals surface area contributed by atoms with Gasteiger partial charge < -0.3 is 5.32 Å². The maximum absolute atomic E-state index is 6.11. The first-order valence-corrected chi connectivity index (χ1v) is 8.22. The smallest absolute Gasteiger partial charge is 0.0888 e. The van der Waals surface area contributed by atoms with Crippen LogP contribution in [0, 0.1) is 6.92 Å². The summed E-state index contributed by atoms with van der Waals surface area (Å²) in [5.41, 5.74) is 1.33. The Bertz CT molecular complexity index is 487. The molecule has 1 N–H and O–H groups in total. The van der Waals surface area contributed by atoms with E-state index in [9.17, 15) is 0 Å². The van der Waals surface area contributed by atoms with E-state index >= 15 is 0 Å².